The second kappa shape index (κ2) is 4.75. The molecule has 0 spiro atoms. The van der Waals surface area contributed by atoms with Crippen molar-refractivity contribution in [3.63, 3.8) is 0 Å². The summed E-state index contributed by atoms with van der Waals surface area (Å²) in [4.78, 5) is 21.9. The largest absolute Gasteiger partial charge is 0.433 e. The summed E-state index contributed by atoms with van der Waals surface area (Å²) >= 11 is 1.34. The van der Waals surface area contributed by atoms with Crippen molar-refractivity contribution in [2.75, 3.05) is 0 Å². The van der Waals surface area contributed by atoms with Gasteiger partial charge in [-0.25, -0.2) is 0 Å². The lowest BCUT2D eigenvalue weighted by molar-refractivity contribution is -0.402. The monoisotopic (exact) mass is 249 g/mol. The highest BCUT2D eigenvalue weighted by atomic mass is 32.1. The van der Waals surface area contributed by atoms with Gasteiger partial charge in [-0.05, 0) is 29.7 Å². The first-order chi connectivity index (χ1) is 8.16. The average molecular weight is 249 g/mol. The van der Waals surface area contributed by atoms with Crippen LogP contribution in [0.3, 0.4) is 0 Å². The highest BCUT2D eigenvalue weighted by Crippen LogP contribution is 2.17. The van der Waals surface area contributed by atoms with E-state index in [1.165, 1.54) is 35.6 Å². The summed E-state index contributed by atoms with van der Waals surface area (Å²) < 4.78 is 4.88. The van der Waals surface area contributed by atoms with Crippen molar-refractivity contribution in [3.8, 4) is 0 Å². The van der Waals surface area contributed by atoms with E-state index in [4.69, 9.17) is 4.42 Å². The molecule has 0 unspecified atom stereocenters. The van der Waals surface area contributed by atoms with Crippen LogP contribution < -0.4 is 0 Å². The van der Waals surface area contributed by atoms with Gasteiger partial charge in [-0.1, -0.05) is 6.07 Å². The molecule has 6 heteroatoms. The number of thiophene rings is 1. The average Bonchev–Trinajstić information content (AvgIpc) is 2.97. The van der Waals surface area contributed by atoms with Crippen LogP contribution in [0.5, 0.6) is 0 Å². The fraction of sp³-hybridized carbons (Fsp3) is 0. The van der Waals surface area contributed by atoms with Crippen molar-refractivity contribution in [3.05, 3.63) is 56.5 Å². The van der Waals surface area contributed by atoms with Crippen LogP contribution in [0, 0.1) is 10.1 Å². The van der Waals surface area contributed by atoms with E-state index in [0.29, 0.717) is 4.88 Å². The number of nitro groups is 1. The number of allylic oxidation sites excluding steroid dienone is 1. The van der Waals surface area contributed by atoms with Crippen molar-refractivity contribution in [2.24, 2.45) is 0 Å². The standard InChI is InChI=1S/C11H7NO4S/c13-9(10-2-1-7-17-10)5-3-8-4-6-11(16-8)12(14)15/h1-7H. The smallest absolute Gasteiger partial charge is 0.401 e. The van der Waals surface area contributed by atoms with Gasteiger partial charge in [0.15, 0.2) is 5.78 Å². The summed E-state index contributed by atoms with van der Waals surface area (Å²) in [5, 5.41) is 12.2. The molecule has 0 amide bonds. The lowest BCUT2D eigenvalue weighted by atomic mass is 10.3. The first-order valence-corrected chi connectivity index (χ1v) is 5.55. The van der Waals surface area contributed by atoms with Crippen LogP contribution in [0.2, 0.25) is 0 Å². The van der Waals surface area contributed by atoms with Crippen molar-refractivity contribution in [1.82, 2.24) is 0 Å². The fourth-order valence-corrected chi connectivity index (χ4v) is 1.83. The van der Waals surface area contributed by atoms with Crippen molar-refractivity contribution in [1.29, 1.82) is 0 Å². The Morgan fingerprint density at radius 1 is 1.41 bits per heavy atom. The van der Waals surface area contributed by atoms with Gasteiger partial charge in [-0.2, -0.15) is 0 Å². The molecule has 2 rings (SSSR count). The van der Waals surface area contributed by atoms with Crippen LogP contribution in [0.15, 0.2) is 40.1 Å². The van der Waals surface area contributed by atoms with E-state index < -0.39 is 4.92 Å². The van der Waals surface area contributed by atoms with E-state index >= 15 is 0 Å². The van der Waals surface area contributed by atoms with Crippen LogP contribution in [0.25, 0.3) is 6.08 Å². The van der Waals surface area contributed by atoms with Gasteiger partial charge in [0, 0.05) is 0 Å². The Morgan fingerprint density at radius 3 is 2.82 bits per heavy atom. The van der Waals surface area contributed by atoms with Gasteiger partial charge >= 0.3 is 5.88 Å². The maximum atomic E-state index is 11.6. The van der Waals surface area contributed by atoms with Crippen LogP contribution in [-0.2, 0) is 0 Å². The minimum absolute atomic E-state index is 0.154. The lowest BCUT2D eigenvalue weighted by Crippen LogP contribution is -1.88. The molecule has 0 fully saturated rings. The van der Waals surface area contributed by atoms with Crippen LogP contribution in [0.1, 0.15) is 15.4 Å². The number of hydrogen-bond donors (Lipinski definition) is 0. The normalized spacial score (nSPS) is 10.8. The number of furan rings is 1. The third-order valence-corrected chi connectivity index (χ3v) is 2.84. The molecule has 17 heavy (non-hydrogen) atoms. The van der Waals surface area contributed by atoms with Crippen LogP contribution in [-0.4, -0.2) is 10.7 Å². The summed E-state index contributed by atoms with van der Waals surface area (Å²) in [6, 6.07) is 6.18. The molecular formula is C11H7NO4S. The Hall–Kier alpha value is -2.21. The minimum Gasteiger partial charge on any atom is -0.401 e. The predicted octanol–water partition coefficient (Wildman–Crippen LogP) is 3.15. The van der Waals surface area contributed by atoms with Crippen molar-refractivity contribution in [2.45, 2.75) is 0 Å². The molecule has 0 bridgehead atoms. The molecule has 5 nitrogen and oxygen atoms in total. The molecule has 0 atom stereocenters. The zero-order chi connectivity index (χ0) is 12.3. The minimum atomic E-state index is -0.627. The summed E-state index contributed by atoms with van der Waals surface area (Å²) in [7, 11) is 0. The Kier molecular flexibility index (Phi) is 3.15. The third-order valence-electron chi connectivity index (χ3n) is 1.96. The van der Waals surface area contributed by atoms with E-state index in [1.807, 2.05) is 0 Å². The molecule has 86 valence electrons. The predicted molar refractivity (Wildman–Crippen MR) is 63.0 cm³/mol. The fourth-order valence-electron chi connectivity index (χ4n) is 1.19. The van der Waals surface area contributed by atoms with Gasteiger partial charge in [0.1, 0.15) is 10.7 Å². The maximum Gasteiger partial charge on any atom is 0.433 e. The number of ketones is 1. The topological polar surface area (TPSA) is 73.3 Å². The molecule has 0 saturated heterocycles. The van der Waals surface area contributed by atoms with Gasteiger partial charge in [-0.3, -0.25) is 14.9 Å². The van der Waals surface area contributed by atoms with E-state index in [2.05, 4.69) is 0 Å². The molecule has 0 aliphatic rings. The zero-order valence-electron chi connectivity index (χ0n) is 8.53. The van der Waals surface area contributed by atoms with Crippen LogP contribution in [0.4, 0.5) is 5.88 Å². The maximum absolute atomic E-state index is 11.6. The zero-order valence-corrected chi connectivity index (χ0v) is 9.35. The van der Waals surface area contributed by atoms with Gasteiger partial charge in [-0.15, -0.1) is 11.3 Å². The summed E-state index contributed by atoms with van der Waals surface area (Å²) in [5.41, 5.74) is 0. The second-order valence-corrected chi connectivity index (χ2v) is 4.06. The third kappa shape index (κ3) is 2.67. The van der Waals surface area contributed by atoms with Crippen molar-refractivity contribution >= 4 is 29.1 Å². The first-order valence-electron chi connectivity index (χ1n) is 4.67. The Bertz CT molecular complexity index is 568. The Morgan fingerprint density at radius 2 is 2.24 bits per heavy atom. The highest BCUT2D eigenvalue weighted by molar-refractivity contribution is 7.12. The molecule has 0 aliphatic heterocycles. The highest BCUT2D eigenvalue weighted by Gasteiger charge is 2.10. The lowest BCUT2D eigenvalue weighted by Gasteiger charge is -1.87. The number of rotatable bonds is 4. The van der Waals surface area contributed by atoms with Crippen molar-refractivity contribution < 1.29 is 14.1 Å². The number of carbonyl (C=O) groups is 1. The summed E-state index contributed by atoms with van der Waals surface area (Å²) in [6.45, 7) is 0. The quantitative estimate of drug-likeness (QED) is 0.361. The van der Waals surface area contributed by atoms with Gasteiger partial charge in [0.05, 0.1) is 10.9 Å². The van der Waals surface area contributed by atoms with E-state index in [0.717, 1.165) is 0 Å². The molecule has 0 radical (unpaired) electrons. The molecule has 0 aliphatic carbocycles. The van der Waals surface area contributed by atoms with Gasteiger partial charge in [0.25, 0.3) is 0 Å². The molecular weight excluding hydrogens is 242 g/mol. The number of nitrogens with zero attached hydrogens (tertiary/aromatic N) is 1. The molecule has 0 N–H and O–H groups in total. The Balaban J connectivity index is 2.10. The Labute approximate surface area is 100 Å². The van der Waals surface area contributed by atoms with E-state index in [-0.39, 0.29) is 17.4 Å². The molecule has 2 heterocycles. The summed E-state index contributed by atoms with van der Waals surface area (Å²) in [5.74, 6) is -0.214. The van der Waals surface area contributed by atoms with Gasteiger partial charge < -0.3 is 4.42 Å². The molecule has 0 aromatic carbocycles. The van der Waals surface area contributed by atoms with E-state index in [9.17, 15) is 14.9 Å². The van der Waals surface area contributed by atoms with E-state index in [1.54, 1.807) is 17.5 Å². The molecule has 0 saturated carbocycles. The van der Waals surface area contributed by atoms with Gasteiger partial charge in [0.2, 0.25) is 0 Å². The number of hydrogen-bond acceptors (Lipinski definition) is 5. The van der Waals surface area contributed by atoms with Crippen LogP contribution >= 0.6 is 11.3 Å². The number of carbonyl (C=O) groups excluding carboxylic acids is 1. The second-order valence-electron chi connectivity index (χ2n) is 3.11. The first kappa shape index (κ1) is 11.3. The molecule has 2 aromatic rings. The SMILES string of the molecule is O=C(C=Cc1ccc([N+](=O)[O-])o1)c1cccs1. The summed E-state index contributed by atoms with van der Waals surface area (Å²) in [6.07, 6.45) is 2.74. The molecule has 2 aromatic heterocycles.